The first-order valence-electron chi connectivity index (χ1n) is 3.70. The molecule has 0 saturated heterocycles. The van der Waals surface area contributed by atoms with Crippen molar-refractivity contribution in [3.8, 4) is 0 Å². The predicted octanol–water partition coefficient (Wildman–Crippen LogP) is 2.23. The summed E-state index contributed by atoms with van der Waals surface area (Å²) in [6, 6.07) is 0. The summed E-state index contributed by atoms with van der Waals surface area (Å²) < 4.78 is 24.7. The van der Waals surface area contributed by atoms with Gasteiger partial charge in [0.2, 0.25) is 0 Å². The highest BCUT2D eigenvalue weighted by molar-refractivity contribution is 14.1. The van der Waals surface area contributed by atoms with Crippen molar-refractivity contribution in [2.45, 2.75) is 6.43 Å². The van der Waals surface area contributed by atoms with Gasteiger partial charge in [-0.2, -0.15) is 0 Å². The second-order valence-electron chi connectivity index (χ2n) is 2.58. The van der Waals surface area contributed by atoms with Gasteiger partial charge >= 0.3 is 11.7 Å². The van der Waals surface area contributed by atoms with Crippen LogP contribution in [0.1, 0.15) is 22.5 Å². The zero-order valence-corrected chi connectivity index (χ0v) is 9.51. The van der Waals surface area contributed by atoms with Crippen LogP contribution in [0.5, 0.6) is 0 Å². The number of carbonyl (C=O) groups is 1. The minimum Gasteiger partial charge on any atom is -0.476 e. The van der Waals surface area contributed by atoms with Gasteiger partial charge in [0.15, 0.2) is 5.69 Å². The van der Waals surface area contributed by atoms with Gasteiger partial charge in [-0.15, -0.1) is 0 Å². The van der Waals surface area contributed by atoms with E-state index < -0.39 is 37.8 Å². The molecule has 1 heterocycles. The summed E-state index contributed by atoms with van der Waals surface area (Å²) in [4.78, 5) is 23.3. The van der Waals surface area contributed by atoms with Crippen molar-refractivity contribution < 1.29 is 23.6 Å². The van der Waals surface area contributed by atoms with Crippen molar-refractivity contribution >= 4 is 34.2 Å². The Balaban J connectivity index is 3.54. The summed E-state index contributed by atoms with van der Waals surface area (Å²) in [5.41, 5.74) is -2.44. The summed E-state index contributed by atoms with van der Waals surface area (Å²) in [5.74, 6) is -1.65. The highest BCUT2D eigenvalue weighted by Crippen LogP contribution is 2.32. The standard InChI is InChI=1S/C7H3F2IN2O4/c8-6(9)3-4(10)2(12(15)16)1-11-5(3)7(13)14/h1,6H,(H,13,14). The molecule has 1 aromatic heterocycles. The topological polar surface area (TPSA) is 93.3 Å². The van der Waals surface area contributed by atoms with Crippen LogP contribution in [0.25, 0.3) is 0 Å². The molecule has 0 unspecified atom stereocenters. The first kappa shape index (κ1) is 12.7. The van der Waals surface area contributed by atoms with Crippen molar-refractivity contribution in [2.24, 2.45) is 0 Å². The average molecular weight is 344 g/mol. The van der Waals surface area contributed by atoms with Crippen LogP contribution < -0.4 is 0 Å². The molecule has 0 radical (unpaired) electrons. The van der Waals surface area contributed by atoms with Gasteiger partial charge < -0.3 is 5.11 Å². The lowest BCUT2D eigenvalue weighted by Crippen LogP contribution is -2.10. The van der Waals surface area contributed by atoms with Crippen molar-refractivity contribution in [3.63, 3.8) is 0 Å². The van der Waals surface area contributed by atoms with Gasteiger partial charge in [-0.3, -0.25) is 10.1 Å². The van der Waals surface area contributed by atoms with E-state index in [1.165, 1.54) is 22.6 Å². The lowest BCUT2D eigenvalue weighted by atomic mass is 10.2. The molecule has 0 aromatic carbocycles. The number of hydrogen-bond acceptors (Lipinski definition) is 4. The normalized spacial score (nSPS) is 10.5. The molecule has 0 spiro atoms. The van der Waals surface area contributed by atoms with Gasteiger partial charge in [-0.25, -0.2) is 18.6 Å². The van der Waals surface area contributed by atoms with E-state index in [1.807, 2.05) is 0 Å². The molecule has 0 fully saturated rings. The summed E-state index contributed by atoms with van der Waals surface area (Å²) in [7, 11) is 0. The maximum atomic E-state index is 12.6. The van der Waals surface area contributed by atoms with Gasteiger partial charge in [0.1, 0.15) is 9.77 Å². The third kappa shape index (κ3) is 2.23. The third-order valence-corrected chi connectivity index (χ3v) is 2.78. The fraction of sp³-hybridized carbons (Fsp3) is 0.143. The van der Waals surface area contributed by atoms with E-state index in [0.717, 1.165) is 0 Å². The first-order chi connectivity index (χ1) is 7.36. The largest absolute Gasteiger partial charge is 0.476 e. The summed E-state index contributed by atoms with van der Waals surface area (Å²) in [6.07, 6.45) is -2.48. The third-order valence-electron chi connectivity index (χ3n) is 1.65. The van der Waals surface area contributed by atoms with Crippen LogP contribution in [0.15, 0.2) is 6.20 Å². The molecule has 6 nitrogen and oxygen atoms in total. The number of rotatable bonds is 3. The minimum absolute atomic E-state index is 0.412. The maximum Gasteiger partial charge on any atom is 0.355 e. The molecule has 0 aliphatic heterocycles. The lowest BCUT2D eigenvalue weighted by molar-refractivity contribution is -0.386. The van der Waals surface area contributed by atoms with E-state index in [2.05, 4.69) is 4.98 Å². The average Bonchev–Trinajstić information content (AvgIpc) is 2.15. The van der Waals surface area contributed by atoms with Gasteiger partial charge in [0, 0.05) is 0 Å². The molecule has 1 N–H and O–H groups in total. The Morgan fingerprint density at radius 2 is 2.19 bits per heavy atom. The maximum absolute atomic E-state index is 12.6. The van der Waals surface area contributed by atoms with Crippen LogP contribution in [0.2, 0.25) is 0 Å². The second kappa shape index (κ2) is 4.63. The smallest absolute Gasteiger partial charge is 0.355 e. The monoisotopic (exact) mass is 344 g/mol. The van der Waals surface area contributed by atoms with Gasteiger partial charge in [-0.05, 0) is 22.6 Å². The number of nitro groups is 1. The van der Waals surface area contributed by atoms with E-state index in [9.17, 15) is 23.7 Å². The van der Waals surface area contributed by atoms with Gasteiger partial charge in [0.25, 0.3) is 6.43 Å². The number of carboxylic acid groups (broad SMARTS) is 1. The highest BCUT2D eigenvalue weighted by atomic mass is 127. The predicted molar refractivity (Wildman–Crippen MR) is 55.5 cm³/mol. The van der Waals surface area contributed by atoms with E-state index in [-0.39, 0.29) is 0 Å². The van der Waals surface area contributed by atoms with E-state index in [4.69, 9.17) is 5.11 Å². The fourth-order valence-electron chi connectivity index (χ4n) is 0.991. The number of carboxylic acids is 1. The number of pyridine rings is 1. The molecule has 16 heavy (non-hydrogen) atoms. The SMILES string of the molecule is O=C(O)c1ncc([N+](=O)[O-])c(I)c1C(F)F. The van der Waals surface area contributed by atoms with Crippen LogP contribution in [0.4, 0.5) is 14.5 Å². The minimum atomic E-state index is -3.13. The molecule has 9 heteroatoms. The Kier molecular flexibility index (Phi) is 3.67. The number of nitrogens with zero attached hydrogens (tertiary/aromatic N) is 2. The Labute approximate surface area is 101 Å². The van der Waals surface area contributed by atoms with Crippen LogP contribution in [0, 0.1) is 13.7 Å². The molecule has 1 rings (SSSR count). The molecule has 0 aliphatic carbocycles. The second-order valence-corrected chi connectivity index (χ2v) is 3.66. The first-order valence-corrected chi connectivity index (χ1v) is 4.78. The number of halogens is 3. The molecule has 0 atom stereocenters. The molecule has 86 valence electrons. The van der Waals surface area contributed by atoms with Crippen molar-refractivity contribution in [1.82, 2.24) is 4.98 Å². The van der Waals surface area contributed by atoms with Crippen LogP contribution in [-0.4, -0.2) is 21.0 Å². The number of aromatic carboxylic acids is 1. The van der Waals surface area contributed by atoms with Gasteiger partial charge in [0.05, 0.1) is 10.5 Å². The quantitative estimate of drug-likeness (QED) is 0.516. The van der Waals surface area contributed by atoms with Crippen molar-refractivity contribution in [2.75, 3.05) is 0 Å². The molecular formula is C7H3F2IN2O4. The fourth-order valence-corrected chi connectivity index (χ4v) is 1.82. The number of alkyl halides is 2. The molecule has 0 bridgehead atoms. The summed E-state index contributed by atoms with van der Waals surface area (Å²) in [5, 5.41) is 19.0. The zero-order valence-electron chi connectivity index (χ0n) is 7.35. The lowest BCUT2D eigenvalue weighted by Gasteiger charge is -2.06. The Hall–Kier alpha value is -1.39. The number of aromatic nitrogens is 1. The van der Waals surface area contributed by atoms with Gasteiger partial charge in [-0.1, -0.05) is 0 Å². The van der Waals surface area contributed by atoms with Crippen LogP contribution in [-0.2, 0) is 0 Å². The van der Waals surface area contributed by atoms with E-state index >= 15 is 0 Å². The van der Waals surface area contributed by atoms with Crippen LogP contribution >= 0.6 is 22.6 Å². The highest BCUT2D eigenvalue weighted by Gasteiger charge is 2.28. The molecule has 0 saturated carbocycles. The molecule has 1 aromatic rings. The van der Waals surface area contributed by atoms with E-state index in [1.54, 1.807) is 0 Å². The Bertz CT molecular complexity index is 466. The summed E-state index contributed by atoms with van der Waals surface area (Å²) in [6.45, 7) is 0. The number of hydrogen-bond donors (Lipinski definition) is 1. The Morgan fingerprint density at radius 1 is 1.62 bits per heavy atom. The molecule has 0 amide bonds. The van der Waals surface area contributed by atoms with Crippen LogP contribution in [0.3, 0.4) is 0 Å². The zero-order chi connectivity index (χ0) is 12.5. The Morgan fingerprint density at radius 3 is 2.56 bits per heavy atom. The van der Waals surface area contributed by atoms with E-state index in [0.29, 0.717) is 6.20 Å². The van der Waals surface area contributed by atoms with Crippen molar-refractivity contribution in [1.29, 1.82) is 0 Å². The van der Waals surface area contributed by atoms with Crippen molar-refractivity contribution in [3.05, 3.63) is 31.1 Å². The molecule has 0 aliphatic rings. The summed E-state index contributed by atoms with van der Waals surface area (Å²) >= 11 is 1.31. The molecular weight excluding hydrogens is 341 g/mol.